The van der Waals surface area contributed by atoms with Crippen molar-refractivity contribution in [2.45, 2.75) is 64.4 Å². The summed E-state index contributed by atoms with van der Waals surface area (Å²) < 4.78 is 5.44. The van der Waals surface area contributed by atoms with Crippen molar-refractivity contribution in [2.75, 3.05) is 0 Å². The summed E-state index contributed by atoms with van der Waals surface area (Å²) in [6.45, 7) is 8.78. The number of hydrogen-bond acceptors (Lipinski definition) is 3. The molecule has 4 aliphatic rings. The molecule has 0 aliphatic heterocycles. The Hall–Kier alpha value is -1.35. The molecule has 5 unspecified atom stereocenters. The first-order chi connectivity index (χ1) is 11.9. The number of hydrogen-bond donors (Lipinski definition) is 1. The molecule has 4 aliphatic carbocycles. The standard InChI is InChI=1S/C22H29NO2/c1-4-22(24)10-8-18-16-6-5-15-11-19-14(13-23-25-19)12-20(15,2)17(16)7-9-21(18,22)3/h4,11,13,16-18,24H,1,5-10,12H2,2-3H3/t16?,17?,18?,20?,21?,22-/m1/s1. The SMILES string of the molecule is C=C[C@@]1(O)CCC2C3CCC4=Cc5oncc5CC4(C)C3CCC21C. The van der Waals surface area contributed by atoms with Gasteiger partial charge in [0, 0.05) is 11.0 Å². The lowest BCUT2D eigenvalue weighted by Gasteiger charge is -2.58. The molecular formula is C22H29NO2. The van der Waals surface area contributed by atoms with Crippen molar-refractivity contribution in [1.82, 2.24) is 5.16 Å². The Kier molecular flexibility index (Phi) is 3.10. The van der Waals surface area contributed by atoms with E-state index in [2.05, 4.69) is 31.7 Å². The van der Waals surface area contributed by atoms with E-state index in [1.165, 1.54) is 18.4 Å². The van der Waals surface area contributed by atoms with Gasteiger partial charge in [-0.2, -0.15) is 0 Å². The van der Waals surface area contributed by atoms with E-state index in [0.717, 1.165) is 43.8 Å². The maximum Gasteiger partial charge on any atom is 0.162 e. The number of aliphatic hydroxyl groups is 1. The smallest absolute Gasteiger partial charge is 0.162 e. The number of nitrogens with zero attached hydrogens (tertiary/aromatic N) is 1. The molecule has 3 saturated carbocycles. The lowest BCUT2D eigenvalue weighted by atomic mass is 9.46. The second kappa shape index (κ2) is 4.88. The zero-order valence-corrected chi connectivity index (χ0v) is 15.4. The van der Waals surface area contributed by atoms with Gasteiger partial charge in [0.2, 0.25) is 0 Å². The Balaban J connectivity index is 1.53. The van der Waals surface area contributed by atoms with Gasteiger partial charge in [-0.25, -0.2) is 0 Å². The summed E-state index contributed by atoms with van der Waals surface area (Å²) in [5.74, 6) is 3.03. The van der Waals surface area contributed by atoms with Crippen molar-refractivity contribution in [1.29, 1.82) is 0 Å². The fourth-order valence-electron chi connectivity index (χ4n) is 7.27. The van der Waals surface area contributed by atoms with Crippen LogP contribution in [0.25, 0.3) is 6.08 Å². The van der Waals surface area contributed by atoms with Gasteiger partial charge in [-0.3, -0.25) is 0 Å². The third-order valence-corrected chi connectivity index (χ3v) is 8.83. The molecule has 3 fully saturated rings. The molecule has 0 bridgehead atoms. The fraction of sp³-hybridized carbons (Fsp3) is 0.682. The molecular weight excluding hydrogens is 310 g/mol. The predicted molar refractivity (Wildman–Crippen MR) is 97.7 cm³/mol. The maximum atomic E-state index is 11.2. The molecule has 0 radical (unpaired) electrons. The summed E-state index contributed by atoms with van der Waals surface area (Å²) in [7, 11) is 0. The topological polar surface area (TPSA) is 46.3 Å². The quantitative estimate of drug-likeness (QED) is 0.749. The van der Waals surface area contributed by atoms with Crippen LogP contribution in [0.3, 0.4) is 0 Å². The maximum absolute atomic E-state index is 11.2. The minimum Gasteiger partial charge on any atom is -0.385 e. The number of allylic oxidation sites excluding steroid dienone is 1. The molecule has 1 aromatic heterocycles. The van der Waals surface area contributed by atoms with Crippen molar-refractivity contribution in [3.05, 3.63) is 35.7 Å². The van der Waals surface area contributed by atoms with Crippen molar-refractivity contribution >= 4 is 6.08 Å². The van der Waals surface area contributed by atoms with Crippen LogP contribution in [0.1, 0.15) is 63.7 Å². The van der Waals surface area contributed by atoms with Gasteiger partial charge in [0.1, 0.15) is 0 Å². The largest absolute Gasteiger partial charge is 0.385 e. The van der Waals surface area contributed by atoms with Gasteiger partial charge in [0.05, 0.1) is 11.8 Å². The lowest BCUT2D eigenvalue weighted by Crippen LogP contribution is -2.54. The highest BCUT2D eigenvalue weighted by Crippen LogP contribution is 2.67. The van der Waals surface area contributed by atoms with Crippen LogP contribution in [-0.2, 0) is 6.42 Å². The first kappa shape index (κ1) is 15.9. The third kappa shape index (κ3) is 1.83. The monoisotopic (exact) mass is 339 g/mol. The summed E-state index contributed by atoms with van der Waals surface area (Å²) >= 11 is 0. The number of rotatable bonds is 1. The molecule has 6 atom stereocenters. The van der Waals surface area contributed by atoms with E-state index in [-0.39, 0.29) is 10.8 Å². The zero-order valence-electron chi connectivity index (χ0n) is 15.4. The average molecular weight is 339 g/mol. The molecule has 5 rings (SSSR count). The van der Waals surface area contributed by atoms with Gasteiger partial charge in [-0.05, 0) is 74.2 Å². The molecule has 0 amide bonds. The van der Waals surface area contributed by atoms with Crippen LogP contribution < -0.4 is 0 Å². The van der Waals surface area contributed by atoms with Crippen LogP contribution in [0.4, 0.5) is 0 Å². The van der Waals surface area contributed by atoms with E-state index < -0.39 is 5.60 Å². The molecule has 0 aromatic carbocycles. The Bertz CT molecular complexity index is 764. The van der Waals surface area contributed by atoms with Crippen LogP contribution in [0.5, 0.6) is 0 Å². The van der Waals surface area contributed by atoms with Gasteiger partial charge in [-0.15, -0.1) is 6.58 Å². The molecule has 25 heavy (non-hydrogen) atoms. The highest BCUT2D eigenvalue weighted by atomic mass is 16.5. The summed E-state index contributed by atoms with van der Waals surface area (Å²) in [5.41, 5.74) is 2.41. The molecule has 0 spiro atoms. The zero-order chi connectivity index (χ0) is 17.4. The van der Waals surface area contributed by atoms with Gasteiger partial charge < -0.3 is 9.63 Å². The lowest BCUT2D eigenvalue weighted by molar-refractivity contribution is -0.102. The van der Waals surface area contributed by atoms with Crippen LogP contribution in [0.15, 0.2) is 28.9 Å². The molecule has 1 aromatic rings. The van der Waals surface area contributed by atoms with Gasteiger partial charge in [0.25, 0.3) is 0 Å². The Morgan fingerprint density at radius 2 is 2.04 bits per heavy atom. The highest BCUT2D eigenvalue weighted by Gasteiger charge is 2.63. The third-order valence-electron chi connectivity index (χ3n) is 8.83. The average Bonchev–Trinajstić information content (AvgIpc) is 3.14. The molecule has 3 nitrogen and oxygen atoms in total. The first-order valence-electron chi connectivity index (χ1n) is 9.92. The highest BCUT2D eigenvalue weighted by molar-refractivity contribution is 5.57. The first-order valence-corrected chi connectivity index (χ1v) is 9.92. The van der Waals surface area contributed by atoms with E-state index in [9.17, 15) is 5.11 Å². The minimum atomic E-state index is -0.673. The minimum absolute atomic E-state index is 0.00448. The van der Waals surface area contributed by atoms with Gasteiger partial charge in [-0.1, -0.05) is 30.7 Å². The van der Waals surface area contributed by atoms with Crippen LogP contribution in [-0.4, -0.2) is 15.9 Å². The van der Waals surface area contributed by atoms with Crippen molar-refractivity contribution in [3.63, 3.8) is 0 Å². The van der Waals surface area contributed by atoms with Crippen molar-refractivity contribution < 1.29 is 9.63 Å². The Morgan fingerprint density at radius 1 is 1.24 bits per heavy atom. The Labute approximate surface area is 150 Å². The predicted octanol–water partition coefficient (Wildman–Crippen LogP) is 4.77. The van der Waals surface area contributed by atoms with E-state index in [0.29, 0.717) is 11.8 Å². The van der Waals surface area contributed by atoms with E-state index in [1.54, 1.807) is 5.57 Å². The van der Waals surface area contributed by atoms with Crippen LogP contribution >= 0.6 is 0 Å². The number of fused-ring (bicyclic) bond motifs is 6. The van der Waals surface area contributed by atoms with Crippen molar-refractivity contribution in [2.24, 2.45) is 28.6 Å². The number of aromatic nitrogens is 1. The second-order valence-corrected chi connectivity index (χ2v) is 9.52. The molecule has 3 heteroatoms. The molecule has 0 saturated heterocycles. The van der Waals surface area contributed by atoms with Gasteiger partial charge >= 0.3 is 0 Å². The summed E-state index contributed by atoms with van der Waals surface area (Å²) in [4.78, 5) is 0. The summed E-state index contributed by atoms with van der Waals surface area (Å²) in [6, 6.07) is 0. The Morgan fingerprint density at radius 3 is 2.84 bits per heavy atom. The van der Waals surface area contributed by atoms with E-state index >= 15 is 0 Å². The molecule has 134 valence electrons. The van der Waals surface area contributed by atoms with Crippen LogP contribution in [0.2, 0.25) is 0 Å². The normalized spacial score (nSPS) is 48.0. The summed E-state index contributed by atoms with van der Waals surface area (Å²) in [5, 5.41) is 15.2. The molecule has 1 heterocycles. The van der Waals surface area contributed by atoms with E-state index in [1.807, 2.05) is 12.3 Å². The fourth-order valence-corrected chi connectivity index (χ4v) is 7.27. The summed E-state index contributed by atoms with van der Waals surface area (Å²) in [6.07, 6.45) is 13.9. The molecule has 1 N–H and O–H groups in total. The van der Waals surface area contributed by atoms with Crippen LogP contribution in [0, 0.1) is 28.6 Å². The van der Waals surface area contributed by atoms with E-state index in [4.69, 9.17) is 4.52 Å². The van der Waals surface area contributed by atoms with Crippen molar-refractivity contribution in [3.8, 4) is 0 Å². The van der Waals surface area contributed by atoms with Gasteiger partial charge in [0.15, 0.2) is 5.76 Å². The second-order valence-electron chi connectivity index (χ2n) is 9.52.